The van der Waals surface area contributed by atoms with E-state index < -0.39 is 17.7 Å². The van der Waals surface area contributed by atoms with Gasteiger partial charge in [0.2, 0.25) is 0 Å². The number of carbonyl (C=O) groups excluding carboxylic acids is 1. The van der Waals surface area contributed by atoms with Crippen LogP contribution < -0.4 is 10.6 Å². The van der Waals surface area contributed by atoms with Crippen molar-refractivity contribution in [1.29, 1.82) is 5.26 Å². The van der Waals surface area contributed by atoms with Crippen LogP contribution in [0, 0.1) is 25.2 Å². The Morgan fingerprint density at radius 3 is 2.58 bits per heavy atom. The fourth-order valence-corrected chi connectivity index (χ4v) is 5.41. The third-order valence-electron chi connectivity index (χ3n) is 5.74. The number of anilines is 1. The van der Waals surface area contributed by atoms with Crippen LogP contribution in [0.3, 0.4) is 0 Å². The molecule has 0 amide bonds. The molecule has 0 fully saturated rings. The molecule has 1 aliphatic heterocycles. The lowest BCUT2D eigenvalue weighted by molar-refractivity contribution is -0.137. The number of benzene rings is 1. The first-order valence-corrected chi connectivity index (χ1v) is 10.7. The van der Waals surface area contributed by atoms with Gasteiger partial charge in [-0.2, -0.15) is 18.4 Å². The largest absolute Gasteiger partial charge is 0.416 e. The number of halogens is 3. The van der Waals surface area contributed by atoms with Crippen LogP contribution >= 0.6 is 11.3 Å². The van der Waals surface area contributed by atoms with Crippen LogP contribution in [0.25, 0.3) is 0 Å². The number of rotatable bonds is 2. The van der Waals surface area contributed by atoms with Crippen molar-refractivity contribution in [3.05, 3.63) is 73.9 Å². The van der Waals surface area contributed by atoms with Gasteiger partial charge in [0.05, 0.1) is 23.1 Å². The zero-order valence-electron chi connectivity index (χ0n) is 17.0. The van der Waals surface area contributed by atoms with Gasteiger partial charge in [0.15, 0.2) is 5.78 Å². The van der Waals surface area contributed by atoms with E-state index in [1.807, 2.05) is 19.9 Å². The van der Waals surface area contributed by atoms with Crippen molar-refractivity contribution in [3.8, 4) is 6.07 Å². The fraction of sp³-hybridized carbons (Fsp3) is 0.304. The van der Waals surface area contributed by atoms with Crippen LogP contribution in [-0.4, -0.2) is 5.78 Å². The van der Waals surface area contributed by atoms with E-state index in [-0.39, 0.29) is 22.9 Å². The second-order valence-corrected chi connectivity index (χ2v) is 9.19. The van der Waals surface area contributed by atoms with Crippen LogP contribution in [-0.2, 0) is 11.0 Å². The van der Waals surface area contributed by atoms with Crippen molar-refractivity contribution in [1.82, 2.24) is 0 Å². The molecule has 1 aromatic heterocycles. The molecule has 8 heteroatoms. The molecule has 4 nitrogen and oxygen atoms in total. The Labute approximate surface area is 182 Å². The minimum atomic E-state index is -4.52. The Balaban J connectivity index is 1.97. The molecule has 4 rings (SSSR count). The zero-order chi connectivity index (χ0) is 22.5. The van der Waals surface area contributed by atoms with Gasteiger partial charge >= 0.3 is 6.18 Å². The molecule has 160 valence electrons. The summed E-state index contributed by atoms with van der Waals surface area (Å²) >= 11 is 1.57. The number of nitriles is 1. The molecule has 2 heterocycles. The predicted molar refractivity (Wildman–Crippen MR) is 113 cm³/mol. The maximum atomic E-state index is 13.3. The van der Waals surface area contributed by atoms with Crippen molar-refractivity contribution in [3.63, 3.8) is 0 Å². The molecule has 0 bridgehead atoms. The second-order valence-electron chi connectivity index (χ2n) is 7.73. The molecule has 0 radical (unpaired) electrons. The Morgan fingerprint density at radius 1 is 1.23 bits per heavy atom. The van der Waals surface area contributed by atoms with Gasteiger partial charge in [-0.15, -0.1) is 11.3 Å². The van der Waals surface area contributed by atoms with E-state index in [2.05, 4.69) is 6.07 Å². The summed E-state index contributed by atoms with van der Waals surface area (Å²) in [5.41, 5.74) is 7.90. The van der Waals surface area contributed by atoms with E-state index in [1.54, 1.807) is 11.3 Å². The highest BCUT2D eigenvalue weighted by atomic mass is 32.1. The summed E-state index contributed by atoms with van der Waals surface area (Å²) in [6, 6.07) is 8.92. The zero-order valence-corrected chi connectivity index (χ0v) is 17.8. The summed E-state index contributed by atoms with van der Waals surface area (Å²) in [7, 11) is 0. The standard InChI is InChI=1S/C23H20F3N3OS/c1-12-9-16(13(2)31-12)20-17(11-27)22(28)29(18-7-4-8-19(30)21(18)20)15-6-3-5-14(10-15)23(24,25)26/h3,5-6,9-10,20H,4,7-8,28H2,1-2H3. The topological polar surface area (TPSA) is 70.1 Å². The average molecular weight is 443 g/mol. The number of hydrogen-bond donors (Lipinski definition) is 1. The highest BCUT2D eigenvalue weighted by Crippen LogP contribution is 2.48. The van der Waals surface area contributed by atoms with E-state index in [4.69, 9.17) is 5.73 Å². The molecular formula is C23H20F3N3OS. The minimum absolute atomic E-state index is 0.0727. The number of alkyl halides is 3. The van der Waals surface area contributed by atoms with Gasteiger partial charge < -0.3 is 5.73 Å². The quantitative estimate of drug-likeness (QED) is 0.648. The number of ketones is 1. The highest BCUT2D eigenvalue weighted by molar-refractivity contribution is 7.12. The number of nitrogens with zero attached hydrogens (tertiary/aromatic N) is 2. The van der Waals surface area contributed by atoms with Crippen molar-refractivity contribution in [2.24, 2.45) is 5.73 Å². The van der Waals surface area contributed by atoms with Crippen LogP contribution in [0.2, 0.25) is 0 Å². The number of aryl methyl sites for hydroxylation is 2. The Morgan fingerprint density at radius 2 is 1.97 bits per heavy atom. The van der Waals surface area contributed by atoms with Crippen LogP contribution in [0.4, 0.5) is 18.9 Å². The summed E-state index contributed by atoms with van der Waals surface area (Å²) in [5, 5.41) is 9.99. The summed E-state index contributed by atoms with van der Waals surface area (Å²) in [4.78, 5) is 16.6. The number of carbonyl (C=O) groups is 1. The van der Waals surface area contributed by atoms with E-state index >= 15 is 0 Å². The molecule has 0 saturated carbocycles. The van der Waals surface area contributed by atoms with Crippen molar-refractivity contribution in [2.75, 3.05) is 4.90 Å². The Hall–Kier alpha value is -3.05. The van der Waals surface area contributed by atoms with Gasteiger partial charge in [-0.1, -0.05) is 6.07 Å². The fourth-order valence-electron chi connectivity index (χ4n) is 4.45. The summed E-state index contributed by atoms with van der Waals surface area (Å²) in [6.07, 6.45) is -3.10. The Bertz CT molecular complexity index is 1180. The lowest BCUT2D eigenvalue weighted by Gasteiger charge is -2.39. The third-order valence-corrected chi connectivity index (χ3v) is 6.72. The average Bonchev–Trinajstić information content (AvgIpc) is 3.04. The molecule has 2 aromatic rings. The normalized spacial score (nSPS) is 19.5. The Kier molecular flexibility index (Phi) is 5.18. The predicted octanol–water partition coefficient (Wildman–Crippen LogP) is 5.69. The monoisotopic (exact) mass is 443 g/mol. The van der Waals surface area contributed by atoms with Gasteiger partial charge in [0.25, 0.3) is 0 Å². The third kappa shape index (κ3) is 3.53. The molecule has 1 aromatic carbocycles. The van der Waals surface area contributed by atoms with Crippen LogP contribution in [0.1, 0.15) is 46.1 Å². The van der Waals surface area contributed by atoms with Crippen molar-refractivity contribution in [2.45, 2.75) is 45.2 Å². The number of thiophene rings is 1. The molecule has 2 aliphatic rings. The molecule has 0 saturated heterocycles. The van der Waals surface area contributed by atoms with Gasteiger partial charge in [-0.3, -0.25) is 9.69 Å². The first-order valence-electron chi connectivity index (χ1n) is 9.83. The molecule has 31 heavy (non-hydrogen) atoms. The SMILES string of the molecule is Cc1cc(C2C(C#N)=C(N)N(c3cccc(C(F)(F)F)c3)C3=C2C(=O)CCC3)c(C)s1. The number of nitrogens with two attached hydrogens (primary N) is 1. The van der Waals surface area contributed by atoms with Crippen LogP contribution in [0.5, 0.6) is 0 Å². The number of Topliss-reactive ketones (excluding diaryl/α,β-unsaturated/α-hetero) is 1. The van der Waals surface area contributed by atoms with E-state index in [1.165, 1.54) is 17.0 Å². The molecule has 0 spiro atoms. The molecule has 1 aliphatic carbocycles. The first-order chi connectivity index (χ1) is 14.6. The molecular weight excluding hydrogens is 423 g/mol. The summed E-state index contributed by atoms with van der Waals surface area (Å²) < 4.78 is 40.0. The first kappa shape index (κ1) is 21.2. The van der Waals surface area contributed by atoms with E-state index in [9.17, 15) is 23.2 Å². The number of hydrogen-bond acceptors (Lipinski definition) is 5. The summed E-state index contributed by atoms with van der Waals surface area (Å²) in [5.74, 6) is -0.616. The molecule has 1 unspecified atom stereocenters. The second kappa shape index (κ2) is 7.57. The molecule has 2 N–H and O–H groups in total. The smallest absolute Gasteiger partial charge is 0.384 e. The van der Waals surface area contributed by atoms with Crippen molar-refractivity contribution < 1.29 is 18.0 Å². The van der Waals surface area contributed by atoms with Crippen molar-refractivity contribution >= 4 is 22.8 Å². The molecule has 1 atom stereocenters. The maximum Gasteiger partial charge on any atom is 0.416 e. The lowest BCUT2D eigenvalue weighted by Crippen LogP contribution is -2.38. The van der Waals surface area contributed by atoms with Gasteiger partial charge in [0, 0.05) is 33.1 Å². The van der Waals surface area contributed by atoms with Gasteiger partial charge in [-0.05, 0) is 56.5 Å². The summed E-state index contributed by atoms with van der Waals surface area (Å²) in [6.45, 7) is 3.89. The highest BCUT2D eigenvalue weighted by Gasteiger charge is 2.41. The van der Waals surface area contributed by atoms with Crippen LogP contribution in [0.15, 0.2) is 53.0 Å². The van der Waals surface area contributed by atoms with E-state index in [0.29, 0.717) is 30.5 Å². The lowest BCUT2D eigenvalue weighted by atomic mass is 9.75. The van der Waals surface area contributed by atoms with Gasteiger partial charge in [0.1, 0.15) is 5.82 Å². The van der Waals surface area contributed by atoms with Gasteiger partial charge in [-0.25, -0.2) is 0 Å². The maximum absolute atomic E-state index is 13.3. The number of allylic oxidation sites excluding steroid dienone is 3. The minimum Gasteiger partial charge on any atom is -0.384 e. The van der Waals surface area contributed by atoms with E-state index in [0.717, 1.165) is 27.5 Å².